The fourth-order valence-electron chi connectivity index (χ4n) is 3.00. The third-order valence-electron chi connectivity index (χ3n) is 4.47. The van der Waals surface area contributed by atoms with Crippen LogP contribution in [0.3, 0.4) is 0 Å². The zero-order valence-electron chi connectivity index (χ0n) is 13.9. The van der Waals surface area contributed by atoms with Gasteiger partial charge in [0.25, 0.3) is 0 Å². The Bertz CT molecular complexity index is 741. The Hall–Kier alpha value is -2.49. The zero-order chi connectivity index (χ0) is 20.4. The van der Waals surface area contributed by atoms with Gasteiger partial charge in [0, 0.05) is 19.5 Å². The largest absolute Gasteiger partial charge is 0.479 e. The van der Waals surface area contributed by atoms with Gasteiger partial charge < -0.3 is 20.0 Å². The number of rotatable bonds is 5. The molecule has 1 atom stereocenters. The smallest absolute Gasteiger partial charge is 0.416 e. The maximum Gasteiger partial charge on any atom is 0.416 e. The Kier molecular flexibility index (Phi) is 5.88. The van der Waals surface area contributed by atoms with Gasteiger partial charge in [0.15, 0.2) is 5.54 Å². The van der Waals surface area contributed by atoms with Gasteiger partial charge in [0.2, 0.25) is 5.91 Å². The number of aliphatic carboxylic acids is 1. The Morgan fingerprint density at radius 1 is 1.19 bits per heavy atom. The molecule has 1 saturated heterocycles. The number of amides is 2. The molecule has 1 aliphatic rings. The second-order valence-electron chi connectivity index (χ2n) is 6.10. The highest BCUT2D eigenvalue weighted by molar-refractivity contribution is 6.27. The molecule has 0 bridgehead atoms. The van der Waals surface area contributed by atoms with Crippen molar-refractivity contribution >= 4 is 29.6 Å². The summed E-state index contributed by atoms with van der Waals surface area (Å²) in [6.45, 7) is -0.870. The first-order chi connectivity index (χ1) is 12.5. The maximum absolute atomic E-state index is 12.7. The van der Waals surface area contributed by atoms with Gasteiger partial charge in [-0.1, -0.05) is 12.1 Å². The molecule has 27 heavy (non-hydrogen) atoms. The number of halogens is 4. The van der Waals surface area contributed by atoms with E-state index in [-0.39, 0.29) is 25.1 Å². The quantitative estimate of drug-likeness (QED) is 0.729. The third kappa shape index (κ3) is 4.26. The molecule has 0 spiro atoms. The number of nitrogens with zero attached hydrogens (tertiary/aromatic N) is 2. The van der Waals surface area contributed by atoms with Crippen molar-refractivity contribution in [1.29, 1.82) is 0 Å². The molecule has 2 N–H and O–H groups in total. The molecule has 1 heterocycles. The molecule has 7 nitrogen and oxygen atoms in total. The molecule has 148 valence electrons. The van der Waals surface area contributed by atoms with Crippen LogP contribution >= 0.6 is 11.6 Å². The third-order valence-corrected chi connectivity index (χ3v) is 4.70. The number of carboxylic acids is 1. The minimum atomic E-state index is -4.53. The summed E-state index contributed by atoms with van der Waals surface area (Å²) in [5.74, 6) is -2.72. The number of carboxylic acid groups (broad SMARTS) is 2. The van der Waals surface area contributed by atoms with Gasteiger partial charge >= 0.3 is 18.2 Å². The van der Waals surface area contributed by atoms with Crippen LogP contribution in [0.1, 0.15) is 17.5 Å². The number of carbonyl (C=O) groups excluding carboxylic acids is 1. The van der Waals surface area contributed by atoms with E-state index in [1.54, 1.807) is 0 Å². The number of hydrogen-bond donors (Lipinski definition) is 2. The SMILES string of the molecule is O=C(O)N1CCC(C(=O)O)(N(Cc2ccc(C(F)(F)F)cc2)C(=O)CCl)C1. The lowest BCUT2D eigenvalue weighted by atomic mass is 9.95. The summed E-state index contributed by atoms with van der Waals surface area (Å²) in [4.78, 5) is 37.2. The number of alkyl halides is 4. The zero-order valence-corrected chi connectivity index (χ0v) is 14.6. The fourth-order valence-corrected chi connectivity index (χ4v) is 3.14. The summed E-state index contributed by atoms with van der Waals surface area (Å²) >= 11 is 5.58. The lowest BCUT2D eigenvalue weighted by Crippen LogP contribution is -2.59. The summed E-state index contributed by atoms with van der Waals surface area (Å²) < 4.78 is 38.0. The van der Waals surface area contributed by atoms with Gasteiger partial charge in [0.05, 0.1) is 12.1 Å². The molecular weight excluding hydrogens is 393 g/mol. The van der Waals surface area contributed by atoms with Crippen molar-refractivity contribution in [2.24, 2.45) is 0 Å². The van der Waals surface area contributed by atoms with E-state index in [1.165, 1.54) is 0 Å². The van der Waals surface area contributed by atoms with E-state index >= 15 is 0 Å². The Labute approximate surface area is 156 Å². The first-order valence-electron chi connectivity index (χ1n) is 7.75. The molecule has 2 rings (SSSR count). The van der Waals surface area contributed by atoms with Crippen LogP contribution in [0.15, 0.2) is 24.3 Å². The average Bonchev–Trinajstić information content (AvgIpc) is 3.05. The van der Waals surface area contributed by atoms with E-state index in [1.807, 2.05) is 0 Å². The number of hydrogen-bond acceptors (Lipinski definition) is 3. The minimum Gasteiger partial charge on any atom is -0.479 e. The van der Waals surface area contributed by atoms with Crippen molar-refractivity contribution in [2.45, 2.75) is 24.7 Å². The Morgan fingerprint density at radius 3 is 2.19 bits per heavy atom. The molecule has 1 aliphatic heterocycles. The van der Waals surface area contributed by atoms with Crippen LogP contribution in [0.2, 0.25) is 0 Å². The van der Waals surface area contributed by atoms with E-state index < -0.39 is 47.7 Å². The van der Waals surface area contributed by atoms with Crippen LogP contribution in [0.25, 0.3) is 0 Å². The van der Waals surface area contributed by atoms with Gasteiger partial charge in [-0.3, -0.25) is 4.79 Å². The predicted octanol–water partition coefficient (Wildman–Crippen LogP) is 2.48. The second-order valence-corrected chi connectivity index (χ2v) is 6.37. The highest BCUT2D eigenvalue weighted by atomic mass is 35.5. The van der Waals surface area contributed by atoms with Crippen molar-refractivity contribution in [3.05, 3.63) is 35.4 Å². The summed E-state index contributed by atoms with van der Waals surface area (Å²) in [6.07, 6.45) is -6.01. The number of likely N-dealkylation sites (tertiary alicyclic amines) is 1. The standard InChI is InChI=1S/C16H16ClF3N2O5/c17-7-12(23)22(8-10-1-3-11(4-2-10)16(18,19)20)15(13(24)25)5-6-21(9-15)14(26)27/h1-4H,5-9H2,(H,24,25)(H,26,27). The van der Waals surface area contributed by atoms with E-state index in [0.29, 0.717) is 0 Å². The molecule has 1 aromatic rings. The summed E-state index contributed by atoms with van der Waals surface area (Å²) in [5, 5.41) is 18.8. The number of benzene rings is 1. The van der Waals surface area contributed by atoms with E-state index in [0.717, 1.165) is 34.1 Å². The van der Waals surface area contributed by atoms with Crippen molar-refractivity contribution < 1.29 is 37.8 Å². The van der Waals surface area contributed by atoms with Gasteiger partial charge in [-0.2, -0.15) is 13.2 Å². The van der Waals surface area contributed by atoms with Crippen LogP contribution in [0.5, 0.6) is 0 Å². The Balaban J connectivity index is 2.35. The van der Waals surface area contributed by atoms with E-state index in [4.69, 9.17) is 16.7 Å². The average molecular weight is 409 g/mol. The van der Waals surface area contributed by atoms with E-state index in [2.05, 4.69) is 0 Å². The number of carbonyl (C=O) groups is 3. The van der Waals surface area contributed by atoms with Crippen LogP contribution in [0, 0.1) is 0 Å². The minimum absolute atomic E-state index is 0.0965. The predicted molar refractivity (Wildman–Crippen MR) is 87.3 cm³/mol. The second kappa shape index (κ2) is 7.63. The summed E-state index contributed by atoms with van der Waals surface area (Å²) in [7, 11) is 0. The van der Waals surface area contributed by atoms with Gasteiger partial charge in [0.1, 0.15) is 5.88 Å². The summed E-state index contributed by atoms with van der Waals surface area (Å²) in [6, 6.07) is 3.92. The molecule has 1 fully saturated rings. The monoisotopic (exact) mass is 408 g/mol. The van der Waals surface area contributed by atoms with Crippen LogP contribution in [-0.2, 0) is 22.3 Å². The van der Waals surface area contributed by atoms with Crippen molar-refractivity contribution in [3.63, 3.8) is 0 Å². The van der Waals surface area contributed by atoms with Gasteiger partial charge in [-0.05, 0) is 17.7 Å². The first-order valence-corrected chi connectivity index (χ1v) is 8.28. The molecule has 0 radical (unpaired) electrons. The van der Waals surface area contributed by atoms with Gasteiger partial charge in [-0.15, -0.1) is 11.6 Å². The normalized spacial score (nSPS) is 19.8. The molecule has 11 heteroatoms. The molecule has 0 saturated carbocycles. The topological polar surface area (TPSA) is 98.2 Å². The molecular formula is C16H16ClF3N2O5. The van der Waals surface area contributed by atoms with Crippen molar-refractivity contribution in [1.82, 2.24) is 9.80 Å². The maximum atomic E-state index is 12.7. The molecule has 0 aliphatic carbocycles. The molecule has 1 aromatic carbocycles. The molecule has 1 unspecified atom stereocenters. The van der Waals surface area contributed by atoms with Crippen molar-refractivity contribution in [2.75, 3.05) is 19.0 Å². The summed E-state index contributed by atoms with van der Waals surface area (Å²) in [5.41, 5.74) is -2.46. The van der Waals surface area contributed by atoms with E-state index in [9.17, 15) is 32.7 Å². The fraction of sp³-hybridized carbons (Fsp3) is 0.438. The van der Waals surface area contributed by atoms with Crippen molar-refractivity contribution in [3.8, 4) is 0 Å². The first kappa shape index (κ1) is 20.8. The lowest BCUT2D eigenvalue weighted by Gasteiger charge is -2.37. The molecule has 0 aromatic heterocycles. The molecule has 2 amide bonds. The van der Waals surface area contributed by atoms with Crippen LogP contribution in [0.4, 0.5) is 18.0 Å². The van der Waals surface area contributed by atoms with Gasteiger partial charge in [-0.25, -0.2) is 9.59 Å². The van der Waals surface area contributed by atoms with Crippen LogP contribution in [-0.4, -0.2) is 62.5 Å². The highest BCUT2D eigenvalue weighted by Gasteiger charge is 2.52. The van der Waals surface area contributed by atoms with Crippen LogP contribution < -0.4 is 0 Å². The Morgan fingerprint density at radius 2 is 1.78 bits per heavy atom. The lowest BCUT2D eigenvalue weighted by molar-refractivity contribution is -0.158. The highest BCUT2D eigenvalue weighted by Crippen LogP contribution is 2.32.